The predicted octanol–water partition coefficient (Wildman–Crippen LogP) is 2.21. The molecule has 0 aromatic rings. The molecule has 0 bridgehead atoms. The summed E-state index contributed by atoms with van der Waals surface area (Å²) in [6.07, 6.45) is 14.6. The first-order chi connectivity index (χ1) is 16.4. The Hall–Kier alpha value is -1.80. The van der Waals surface area contributed by atoms with Crippen molar-refractivity contribution in [2.75, 3.05) is 32.8 Å². The number of likely N-dealkylation sites (tertiary alicyclic amines) is 1. The SMILES string of the molecule is CCCN1CC=C[C@]2(C)S[C@]34C=CCN(C5CCCCC5)C(=O)C3N(CCO)C(=O)[C@@H]4[C@@H]2C1=O. The van der Waals surface area contributed by atoms with Crippen LogP contribution in [0.5, 0.6) is 0 Å². The van der Waals surface area contributed by atoms with E-state index in [1.165, 1.54) is 6.42 Å². The van der Waals surface area contributed by atoms with E-state index in [0.29, 0.717) is 19.6 Å². The van der Waals surface area contributed by atoms with Crippen LogP contribution in [-0.4, -0.2) is 91.9 Å². The molecule has 1 saturated carbocycles. The fourth-order valence-corrected chi connectivity index (χ4v) is 9.29. The molecule has 1 unspecified atom stereocenters. The Bertz CT molecular complexity index is 916. The summed E-state index contributed by atoms with van der Waals surface area (Å²) in [4.78, 5) is 47.5. The molecule has 1 aliphatic carbocycles. The highest BCUT2D eigenvalue weighted by atomic mass is 32.2. The highest BCUT2D eigenvalue weighted by Gasteiger charge is 2.73. The number of aliphatic hydroxyl groups excluding tert-OH is 1. The summed E-state index contributed by atoms with van der Waals surface area (Å²) in [5, 5.41) is 9.83. The standard InChI is InChI=1S/C26H37N3O4S/c1-3-13-27-14-7-11-25(2)19(22(27)31)20-23(32)29(16-17-30)21-24(33)28(18-9-5-4-6-10-18)15-8-12-26(20,21)34-25/h7-8,11-12,18-21,30H,3-6,9-10,13-17H2,1-2H3/t19-,20+,21?,25+,26+/m1/s1. The van der Waals surface area contributed by atoms with Crippen LogP contribution in [0.2, 0.25) is 0 Å². The van der Waals surface area contributed by atoms with Crippen molar-refractivity contribution in [1.29, 1.82) is 0 Å². The normalized spacial score (nSPS) is 38.1. The van der Waals surface area contributed by atoms with Crippen LogP contribution >= 0.6 is 11.8 Å². The summed E-state index contributed by atoms with van der Waals surface area (Å²) in [5.41, 5.74) is 0. The second kappa shape index (κ2) is 9.01. The zero-order valence-corrected chi connectivity index (χ0v) is 21.1. The highest BCUT2D eigenvalue weighted by Crippen LogP contribution is 2.65. The number of thioether (sulfide) groups is 1. The highest BCUT2D eigenvalue weighted by molar-refractivity contribution is 8.02. The van der Waals surface area contributed by atoms with Crippen LogP contribution < -0.4 is 0 Å². The van der Waals surface area contributed by atoms with Crippen molar-refractivity contribution < 1.29 is 19.5 Å². The summed E-state index contributed by atoms with van der Waals surface area (Å²) >= 11 is 1.62. The van der Waals surface area contributed by atoms with E-state index in [9.17, 15) is 19.5 Å². The van der Waals surface area contributed by atoms with Gasteiger partial charge in [-0.25, -0.2) is 0 Å². The van der Waals surface area contributed by atoms with Crippen molar-refractivity contribution in [3.63, 3.8) is 0 Å². The predicted molar refractivity (Wildman–Crippen MR) is 132 cm³/mol. The second-order valence-corrected chi connectivity index (χ2v) is 12.4. The molecule has 3 amide bonds. The van der Waals surface area contributed by atoms with Gasteiger partial charge in [-0.15, -0.1) is 11.8 Å². The van der Waals surface area contributed by atoms with Crippen molar-refractivity contribution in [2.45, 2.75) is 74.0 Å². The summed E-state index contributed by atoms with van der Waals surface area (Å²) < 4.78 is -1.37. The first kappa shape index (κ1) is 23.9. The maximum Gasteiger partial charge on any atom is 0.247 e. The van der Waals surface area contributed by atoms with Gasteiger partial charge in [0, 0.05) is 37.0 Å². The molecule has 4 heterocycles. The van der Waals surface area contributed by atoms with Crippen molar-refractivity contribution in [3.8, 4) is 0 Å². The lowest BCUT2D eigenvalue weighted by Crippen LogP contribution is -2.56. The Morgan fingerprint density at radius 3 is 2.41 bits per heavy atom. The van der Waals surface area contributed by atoms with Gasteiger partial charge >= 0.3 is 0 Å². The van der Waals surface area contributed by atoms with E-state index in [0.717, 1.165) is 32.1 Å². The summed E-state index contributed by atoms with van der Waals surface area (Å²) in [6.45, 7) is 5.79. The molecule has 3 fully saturated rings. The van der Waals surface area contributed by atoms with Crippen LogP contribution in [0.25, 0.3) is 0 Å². The van der Waals surface area contributed by atoms with Gasteiger partial charge in [0.1, 0.15) is 6.04 Å². The molecular weight excluding hydrogens is 450 g/mol. The Morgan fingerprint density at radius 1 is 0.971 bits per heavy atom. The van der Waals surface area contributed by atoms with E-state index in [-0.39, 0.29) is 36.9 Å². The van der Waals surface area contributed by atoms with Crippen LogP contribution in [0.15, 0.2) is 24.3 Å². The molecule has 0 radical (unpaired) electrons. The van der Waals surface area contributed by atoms with Gasteiger partial charge in [-0.3, -0.25) is 14.4 Å². The monoisotopic (exact) mass is 487 g/mol. The van der Waals surface area contributed by atoms with Crippen molar-refractivity contribution in [1.82, 2.24) is 14.7 Å². The first-order valence-corrected chi connectivity index (χ1v) is 13.8. The van der Waals surface area contributed by atoms with Crippen LogP contribution in [0.3, 0.4) is 0 Å². The fraction of sp³-hybridized carbons (Fsp3) is 0.731. The minimum Gasteiger partial charge on any atom is -0.395 e. The molecule has 0 aromatic carbocycles. The van der Waals surface area contributed by atoms with Crippen molar-refractivity contribution in [2.24, 2.45) is 11.8 Å². The average molecular weight is 488 g/mol. The van der Waals surface area contributed by atoms with Gasteiger partial charge in [0.05, 0.1) is 23.2 Å². The minimum absolute atomic E-state index is 0.0101. The zero-order chi connectivity index (χ0) is 24.1. The Labute approximate surface area is 206 Å². The smallest absolute Gasteiger partial charge is 0.247 e. The summed E-state index contributed by atoms with van der Waals surface area (Å²) in [5.74, 6) is -1.31. The lowest BCUT2D eigenvalue weighted by molar-refractivity contribution is -0.146. The number of aliphatic hydroxyl groups is 1. The lowest BCUT2D eigenvalue weighted by atomic mass is 9.74. The number of hydrogen-bond acceptors (Lipinski definition) is 5. The molecule has 0 aromatic heterocycles. The summed E-state index contributed by atoms with van der Waals surface area (Å²) in [6, 6.07) is -0.493. The maximum absolute atomic E-state index is 14.2. The van der Waals surface area contributed by atoms with Crippen molar-refractivity contribution in [3.05, 3.63) is 24.3 Å². The third-order valence-corrected chi connectivity index (χ3v) is 10.3. The molecule has 2 saturated heterocycles. The van der Waals surface area contributed by atoms with E-state index < -0.39 is 27.4 Å². The van der Waals surface area contributed by atoms with Gasteiger partial charge in [-0.1, -0.05) is 50.5 Å². The largest absolute Gasteiger partial charge is 0.395 e. The van der Waals surface area contributed by atoms with Crippen LogP contribution in [0, 0.1) is 11.8 Å². The molecule has 186 valence electrons. The molecular formula is C26H37N3O4S. The van der Waals surface area contributed by atoms with Gasteiger partial charge < -0.3 is 19.8 Å². The van der Waals surface area contributed by atoms with Gasteiger partial charge in [0.2, 0.25) is 17.7 Å². The fourth-order valence-electron chi connectivity index (χ4n) is 7.13. The number of nitrogens with zero attached hydrogens (tertiary/aromatic N) is 3. The first-order valence-electron chi connectivity index (χ1n) is 12.9. The molecule has 5 atom stereocenters. The number of rotatable bonds is 5. The minimum atomic E-state index is -0.804. The molecule has 1 N–H and O–H groups in total. The van der Waals surface area contributed by atoms with E-state index in [1.807, 2.05) is 9.80 Å². The second-order valence-electron chi connectivity index (χ2n) is 10.6. The Balaban J connectivity index is 1.59. The Morgan fingerprint density at radius 2 is 1.71 bits per heavy atom. The third-order valence-electron chi connectivity index (χ3n) is 8.52. The zero-order valence-electron chi connectivity index (χ0n) is 20.3. The molecule has 34 heavy (non-hydrogen) atoms. The van der Waals surface area contributed by atoms with Gasteiger partial charge in [0.15, 0.2) is 0 Å². The third kappa shape index (κ3) is 3.47. The molecule has 4 aliphatic heterocycles. The lowest BCUT2D eigenvalue weighted by Gasteiger charge is -2.39. The molecule has 5 aliphatic rings. The van der Waals surface area contributed by atoms with Gasteiger partial charge in [0.25, 0.3) is 0 Å². The Kier molecular flexibility index (Phi) is 6.34. The average Bonchev–Trinajstić information content (AvgIpc) is 3.08. The van der Waals surface area contributed by atoms with E-state index >= 15 is 0 Å². The molecule has 5 rings (SSSR count). The topological polar surface area (TPSA) is 81.2 Å². The molecule has 8 heteroatoms. The van der Waals surface area contributed by atoms with Crippen molar-refractivity contribution >= 4 is 29.5 Å². The van der Waals surface area contributed by atoms with Gasteiger partial charge in [-0.05, 0) is 26.2 Å². The number of fused-ring (bicyclic) bond motifs is 2. The van der Waals surface area contributed by atoms with Crippen LogP contribution in [-0.2, 0) is 14.4 Å². The van der Waals surface area contributed by atoms with E-state index in [1.54, 1.807) is 16.7 Å². The number of hydrogen-bond donors (Lipinski definition) is 1. The summed E-state index contributed by atoms with van der Waals surface area (Å²) in [7, 11) is 0. The van der Waals surface area contributed by atoms with E-state index in [2.05, 4.69) is 38.2 Å². The number of β-amino-alcohol motifs (C(OH)–C–C–N with tert-alkyl or cyclic N) is 1. The van der Waals surface area contributed by atoms with E-state index in [4.69, 9.17) is 0 Å². The van der Waals surface area contributed by atoms with Crippen LogP contribution in [0.4, 0.5) is 0 Å². The number of carbonyl (C=O) groups is 3. The molecule has 7 nitrogen and oxygen atoms in total. The van der Waals surface area contributed by atoms with Crippen LogP contribution in [0.1, 0.15) is 52.4 Å². The number of amides is 3. The quantitative estimate of drug-likeness (QED) is 0.602. The number of carbonyl (C=O) groups excluding carboxylic acids is 3. The molecule has 1 spiro atoms. The maximum atomic E-state index is 14.2. The van der Waals surface area contributed by atoms with Gasteiger partial charge in [-0.2, -0.15) is 0 Å².